The van der Waals surface area contributed by atoms with Gasteiger partial charge in [0.25, 0.3) is 0 Å². The number of hydrogen-bond acceptors (Lipinski definition) is 2. The summed E-state index contributed by atoms with van der Waals surface area (Å²) in [6.07, 6.45) is 12.9. The molecule has 0 N–H and O–H groups in total. The van der Waals surface area contributed by atoms with Gasteiger partial charge in [-0.05, 0) is 86.0 Å². The van der Waals surface area contributed by atoms with Gasteiger partial charge in [-0.15, -0.1) is 0 Å². The highest BCUT2D eigenvalue weighted by Gasteiger charge is 2.27. The molecule has 0 aromatic heterocycles. The molecule has 0 heterocycles. The van der Waals surface area contributed by atoms with E-state index in [1.807, 2.05) is 6.92 Å². The number of aryl methyl sites for hydroxylation is 2. The van der Waals surface area contributed by atoms with Crippen LogP contribution in [0, 0.1) is 5.92 Å². The Bertz CT molecular complexity index is 850. The second-order valence-electron chi connectivity index (χ2n) is 10.4. The molecule has 1 fully saturated rings. The van der Waals surface area contributed by atoms with Crippen molar-refractivity contribution in [1.29, 1.82) is 0 Å². The number of alkyl halides is 1. The maximum absolute atomic E-state index is 13.9. The minimum absolute atomic E-state index is 0.0966. The van der Waals surface area contributed by atoms with Crippen molar-refractivity contribution in [2.24, 2.45) is 5.92 Å². The van der Waals surface area contributed by atoms with Crippen LogP contribution in [0.1, 0.15) is 102 Å². The summed E-state index contributed by atoms with van der Waals surface area (Å²) in [6.45, 7) is 4.26. The molecule has 0 radical (unpaired) electrons. The molecule has 1 aliphatic carbocycles. The lowest BCUT2D eigenvalue weighted by atomic mass is 9.83. The van der Waals surface area contributed by atoms with Crippen molar-refractivity contribution in [1.82, 2.24) is 0 Å². The molecule has 0 bridgehead atoms. The summed E-state index contributed by atoms with van der Waals surface area (Å²) in [5.74, 6) is 0.0133. The smallest absolute Gasteiger partial charge is 0.340 e. The summed E-state index contributed by atoms with van der Waals surface area (Å²) in [6, 6.07) is 18.1. The van der Waals surface area contributed by atoms with Crippen molar-refractivity contribution >= 4 is 5.97 Å². The van der Waals surface area contributed by atoms with E-state index in [1.54, 1.807) is 0 Å². The number of carbonyl (C=O) groups is 1. The predicted molar refractivity (Wildman–Crippen MR) is 144 cm³/mol. The van der Waals surface area contributed by atoms with E-state index >= 15 is 0 Å². The average molecular weight is 481 g/mol. The van der Waals surface area contributed by atoms with Gasteiger partial charge in [-0.3, -0.25) is 0 Å². The number of ether oxygens (including phenoxy) is 1. The Labute approximate surface area is 212 Å². The van der Waals surface area contributed by atoms with Crippen LogP contribution < -0.4 is 0 Å². The molecule has 0 amide bonds. The molecule has 1 atom stereocenters. The highest BCUT2D eigenvalue weighted by Crippen LogP contribution is 2.30. The van der Waals surface area contributed by atoms with Crippen molar-refractivity contribution in [3.8, 4) is 11.1 Å². The molecule has 2 nitrogen and oxygen atoms in total. The molecule has 0 spiro atoms. The highest BCUT2D eigenvalue weighted by molar-refractivity contribution is 5.74. The van der Waals surface area contributed by atoms with Gasteiger partial charge in [0.2, 0.25) is 0 Å². The standard InChI is InChI=1S/C32H45FO2/c1-3-5-7-8-9-25-13-19-28(20-14-25)29-21-15-26(16-22-29)11-12-27-17-23-30(24-18-27)35-32(34)31(33)10-6-4-2/h13-16,19-22,27,30-31H,3-12,17-18,23-24H2,1-2H3/t27-,30-,31-/m0/s1. The van der Waals surface area contributed by atoms with Crippen LogP contribution in [-0.2, 0) is 22.4 Å². The Kier molecular flexibility index (Phi) is 11.8. The molecule has 2 aromatic carbocycles. The van der Waals surface area contributed by atoms with E-state index in [9.17, 15) is 9.18 Å². The number of benzene rings is 2. The van der Waals surface area contributed by atoms with Gasteiger partial charge in [0.1, 0.15) is 6.10 Å². The van der Waals surface area contributed by atoms with Gasteiger partial charge in [-0.25, -0.2) is 9.18 Å². The van der Waals surface area contributed by atoms with Crippen molar-refractivity contribution in [3.63, 3.8) is 0 Å². The third-order valence-corrected chi connectivity index (χ3v) is 7.54. The summed E-state index contributed by atoms with van der Waals surface area (Å²) in [7, 11) is 0. The van der Waals surface area contributed by atoms with Gasteiger partial charge in [-0.2, -0.15) is 0 Å². The first-order valence-corrected chi connectivity index (χ1v) is 14.1. The molecule has 1 saturated carbocycles. The van der Waals surface area contributed by atoms with Crippen molar-refractivity contribution < 1.29 is 13.9 Å². The molecule has 35 heavy (non-hydrogen) atoms. The quantitative estimate of drug-likeness (QED) is 0.199. The molecule has 0 aliphatic heterocycles. The zero-order valence-electron chi connectivity index (χ0n) is 21.9. The van der Waals surface area contributed by atoms with E-state index in [-0.39, 0.29) is 12.5 Å². The number of hydrogen-bond donors (Lipinski definition) is 0. The first-order valence-electron chi connectivity index (χ1n) is 14.1. The van der Waals surface area contributed by atoms with Gasteiger partial charge >= 0.3 is 5.97 Å². The zero-order valence-corrected chi connectivity index (χ0v) is 21.9. The Hall–Kier alpha value is -2.16. The SMILES string of the molecule is CCCCCCc1ccc(-c2ccc(CC[C@H]3CC[C@H](OC(=O)[C@@H](F)CCCC)CC3)cc2)cc1. The largest absolute Gasteiger partial charge is 0.460 e. The van der Waals surface area contributed by atoms with E-state index in [4.69, 9.17) is 4.74 Å². The highest BCUT2D eigenvalue weighted by atomic mass is 19.1. The third-order valence-electron chi connectivity index (χ3n) is 7.54. The van der Waals surface area contributed by atoms with Crippen LogP contribution in [0.2, 0.25) is 0 Å². The summed E-state index contributed by atoms with van der Waals surface area (Å²) < 4.78 is 19.3. The lowest BCUT2D eigenvalue weighted by Gasteiger charge is -2.28. The van der Waals surface area contributed by atoms with E-state index in [0.717, 1.165) is 51.4 Å². The molecule has 3 rings (SSSR count). The fourth-order valence-electron chi connectivity index (χ4n) is 5.13. The summed E-state index contributed by atoms with van der Waals surface area (Å²) in [5, 5.41) is 0. The Morgan fingerprint density at radius 1 is 0.800 bits per heavy atom. The van der Waals surface area contributed by atoms with Gasteiger partial charge in [0.15, 0.2) is 6.17 Å². The van der Waals surface area contributed by atoms with Crippen molar-refractivity contribution in [2.45, 2.75) is 116 Å². The number of rotatable bonds is 14. The van der Waals surface area contributed by atoms with Gasteiger partial charge in [0.05, 0.1) is 0 Å². The first-order chi connectivity index (χ1) is 17.1. The van der Waals surface area contributed by atoms with Crippen molar-refractivity contribution in [3.05, 3.63) is 59.7 Å². The molecule has 3 heteroatoms. The summed E-state index contributed by atoms with van der Waals surface area (Å²) >= 11 is 0. The number of halogens is 1. The fraction of sp³-hybridized carbons (Fsp3) is 0.594. The van der Waals surface area contributed by atoms with Crippen LogP contribution in [0.25, 0.3) is 11.1 Å². The van der Waals surface area contributed by atoms with Crippen LogP contribution in [0.4, 0.5) is 4.39 Å². The minimum atomic E-state index is -1.45. The fourth-order valence-corrected chi connectivity index (χ4v) is 5.13. The van der Waals surface area contributed by atoms with Crippen LogP contribution >= 0.6 is 0 Å². The zero-order chi connectivity index (χ0) is 24.9. The Morgan fingerprint density at radius 3 is 1.94 bits per heavy atom. The van der Waals surface area contributed by atoms with Crippen molar-refractivity contribution in [2.75, 3.05) is 0 Å². The minimum Gasteiger partial charge on any atom is -0.460 e. The second-order valence-corrected chi connectivity index (χ2v) is 10.4. The van der Waals surface area contributed by atoms with Crippen LogP contribution in [0.15, 0.2) is 48.5 Å². The van der Waals surface area contributed by atoms with Gasteiger partial charge in [-0.1, -0.05) is 94.5 Å². The van der Waals surface area contributed by atoms with Gasteiger partial charge in [0, 0.05) is 0 Å². The first kappa shape index (κ1) is 27.4. The van der Waals surface area contributed by atoms with E-state index in [2.05, 4.69) is 55.5 Å². The van der Waals surface area contributed by atoms with Crippen LogP contribution in [0.3, 0.4) is 0 Å². The molecule has 0 unspecified atom stereocenters. The molecule has 0 saturated heterocycles. The average Bonchev–Trinajstić information content (AvgIpc) is 2.90. The molecular weight excluding hydrogens is 435 g/mol. The third kappa shape index (κ3) is 9.43. The molecule has 2 aromatic rings. The number of carbonyl (C=O) groups excluding carboxylic acids is 1. The van der Waals surface area contributed by atoms with Gasteiger partial charge < -0.3 is 4.74 Å². The molecule has 1 aliphatic rings. The maximum Gasteiger partial charge on any atom is 0.340 e. The summed E-state index contributed by atoms with van der Waals surface area (Å²) in [5.41, 5.74) is 5.38. The Morgan fingerprint density at radius 2 is 1.37 bits per heavy atom. The normalized spacial score (nSPS) is 18.8. The second kappa shape index (κ2) is 15.1. The maximum atomic E-state index is 13.9. The van der Waals surface area contributed by atoms with E-state index in [1.165, 1.54) is 54.4 Å². The van der Waals surface area contributed by atoms with E-state index in [0.29, 0.717) is 5.92 Å². The van der Waals surface area contributed by atoms with E-state index < -0.39 is 12.1 Å². The monoisotopic (exact) mass is 480 g/mol. The lowest BCUT2D eigenvalue weighted by molar-refractivity contribution is -0.157. The predicted octanol–water partition coefficient (Wildman–Crippen LogP) is 9.04. The topological polar surface area (TPSA) is 26.3 Å². The number of esters is 1. The lowest BCUT2D eigenvalue weighted by Crippen LogP contribution is -2.29. The Balaban J connectivity index is 1.37. The number of unbranched alkanes of at least 4 members (excludes halogenated alkanes) is 4. The molecule has 192 valence electrons. The summed E-state index contributed by atoms with van der Waals surface area (Å²) in [4.78, 5) is 11.9. The van der Waals surface area contributed by atoms with Crippen LogP contribution in [0.5, 0.6) is 0 Å². The molecular formula is C32H45FO2. The van der Waals surface area contributed by atoms with Crippen LogP contribution in [-0.4, -0.2) is 18.2 Å².